The first-order valence-electron chi connectivity index (χ1n) is 16.2. The van der Waals surface area contributed by atoms with Crippen molar-refractivity contribution in [2.75, 3.05) is 32.7 Å². The van der Waals surface area contributed by atoms with E-state index in [-0.39, 0.29) is 23.2 Å². The number of piperidine rings is 2. The molecule has 12 nitrogen and oxygen atoms in total. The number of likely N-dealkylation sites (tertiary alicyclic amines) is 2. The Morgan fingerprint density at radius 1 is 1.00 bits per heavy atom. The lowest BCUT2D eigenvalue weighted by Gasteiger charge is -2.38. The SMILES string of the molecule is CC(C)c1cc(-c2n[nH]c(=O)n2-c2ccc(CC3CCN(CC4CCN(C(=O)OC(C)(C)C(N)=O)CC4)CC3)cc2)c(O)cc1O. The average Bonchev–Trinajstić information content (AvgIpc) is 3.39. The van der Waals surface area contributed by atoms with Gasteiger partial charge in [-0.05, 0) is 106 Å². The third-order valence-electron chi connectivity index (χ3n) is 9.43. The number of aromatic hydroxyl groups is 2. The minimum atomic E-state index is -1.32. The summed E-state index contributed by atoms with van der Waals surface area (Å²) in [5.41, 5.74) is 6.47. The van der Waals surface area contributed by atoms with Crippen LogP contribution < -0.4 is 11.4 Å². The summed E-state index contributed by atoms with van der Waals surface area (Å²) in [7, 11) is 0. The van der Waals surface area contributed by atoms with Crippen LogP contribution in [0.25, 0.3) is 17.1 Å². The molecule has 0 bridgehead atoms. The third-order valence-corrected chi connectivity index (χ3v) is 9.43. The first-order chi connectivity index (χ1) is 21.8. The molecule has 0 aliphatic carbocycles. The Hall–Kier alpha value is -4.32. The number of phenols is 2. The Labute approximate surface area is 269 Å². The zero-order chi connectivity index (χ0) is 33.2. The molecular weight excluding hydrogens is 588 g/mol. The van der Waals surface area contributed by atoms with Crippen molar-refractivity contribution in [3.8, 4) is 28.6 Å². The fourth-order valence-electron chi connectivity index (χ4n) is 6.44. The topological polar surface area (TPSA) is 167 Å². The van der Waals surface area contributed by atoms with E-state index in [1.807, 2.05) is 38.1 Å². The van der Waals surface area contributed by atoms with E-state index in [1.165, 1.54) is 30.0 Å². The molecule has 3 aromatic rings. The van der Waals surface area contributed by atoms with Gasteiger partial charge in [-0.3, -0.25) is 4.79 Å². The largest absolute Gasteiger partial charge is 0.508 e. The number of phenolic OH excluding ortho intramolecular Hbond substituents is 2. The Morgan fingerprint density at radius 2 is 1.63 bits per heavy atom. The molecule has 0 radical (unpaired) electrons. The molecule has 2 amide bonds. The van der Waals surface area contributed by atoms with Crippen molar-refractivity contribution < 1.29 is 24.5 Å². The monoisotopic (exact) mass is 634 g/mol. The van der Waals surface area contributed by atoms with Gasteiger partial charge in [0.15, 0.2) is 11.4 Å². The predicted molar refractivity (Wildman–Crippen MR) is 174 cm³/mol. The van der Waals surface area contributed by atoms with Gasteiger partial charge < -0.3 is 30.5 Å². The molecule has 0 saturated carbocycles. The molecule has 3 heterocycles. The Kier molecular flexibility index (Phi) is 9.76. The van der Waals surface area contributed by atoms with E-state index in [0.717, 1.165) is 51.7 Å². The molecule has 0 unspecified atom stereocenters. The van der Waals surface area contributed by atoms with Crippen molar-refractivity contribution >= 4 is 12.0 Å². The highest BCUT2D eigenvalue weighted by atomic mass is 16.6. The van der Waals surface area contributed by atoms with Crippen molar-refractivity contribution in [2.24, 2.45) is 17.6 Å². The number of amides is 2. The van der Waals surface area contributed by atoms with Gasteiger partial charge in [0.05, 0.1) is 11.3 Å². The standard InChI is InChI=1S/C34H46N6O6/c1-21(2)26-18-27(29(42)19-28(26)41)30-36-37-32(44)40(30)25-7-5-22(6-8-25)17-23-9-13-38(14-10-23)20-24-11-15-39(16-12-24)33(45)46-34(3,4)31(35)43/h5-8,18-19,21,23-24,41-42H,9-17,20H2,1-4H3,(H2,35,43)(H,37,44). The first kappa shape index (κ1) is 33.1. The summed E-state index contributed by atoms with van der Waals surface area (Å²) < 4.78 is 6.76. The van der Waals surface area contributed by atoms with Gasteiger partial charge in [0.25, 0.3) is 5.91 Å². The Balaban J connectivity index is 1.12. The zero-order valence-corrected chi connectivity index (χ0v) is 27.2. The highest BCUT2D eigenvalue weighted by Gasteiger charge is 2.34. The zero-order valence-electron chi connectivity index (χ0n) is 27.2. The number of rotatable bonds is 9. The minimum absolute atomic E-state index is 0.00358. The van der Waals surface area contributed by atoms with Crippen molar-refractivity contribution in [1.29, 1.82) is 0 Å². The third kappa shape index (κ3) is 7.38. The number of ether oxygens (including phenoxy) is 1. The summed E-state index contributed by atoms with van der Waals surface area (Å²) in [5, 5.41) is 27.5. The van der Waals surface area contributed by atoms with E-state index >= 15 is 0 Å². The number of nitrogens with two attached hydrogens (primary N) is 1. The summed E-state index contributed by atoms with van der Waals surface area (Å²) in [5.74, 6) is 0.583. The molecule has 248 valence electrons. The maximum atomic E-state index is 12.8. The average molecular weight is 635 g/mol. The summed E-state index contributed by atoms with van der Waals surface area (Å²) >= 11 is 0. The van der Waals surface area contributed by atoms with Gasteiger partial charge in [-0.2, -0.15) is 5.10 Å². The summed E-state index contributed by atoms with van der Waals surface area (Å²) in [6.45, 7) is 11.2. The maximum absolute atomic E-state index is 12.8. The molecule has 5 rings (SSSR count). The molecule has 46 heavy (non-hydrogen) atoms. The number of benzene rings is 2. The van der Waals surface area contributed by atoms with Crippen LogP contribution in [0, 0.1) is 11.8 Å². The number of primary amides is 1. The summed E-state index contributed by atoms with van der Waals surface area (Å²) in [4.78, 5) is 40.9. The van der Waals surface area contributed by atoms with Crippen LogP contribution in [0.2, 0.25) is 0 Å². The van der Waals surface area contributed by atoms with Crippen molar-refractivity contribution in [3.63, 3.8) is 0 Å². The summed E-state index contributed by atoms with van der Waals surface area (Å²) in [6, 6.07) is 10.9. The van der Waals surface area contributed by atoms with Gasteiger partial charge in [0.2, 0.25) is 0 Å². The van der Waals surface area contributed by atoms with Gasteiger partial charge in [0.1, 0.15) is 11.5 Å². The van der Waals surface area contributed by atoms with Crippen molar-refractivity contribution in [2.45, 2.75) is 71.3 Å². The van der Waals surface area contributed by atoms with Crippen molar-refractivity contribution in [3.05, 3.63) is 58.0 Å². The van der Waals surface area contributed by atoms with Gasteiger partial charge in [-0.15, -0.1) is 0 Å². The minimum Gasteiger partial charge on any atom is -0.508 e. The molecular formula is C34H46N6O6. The fraction of sp³-hybridized carbons (Fsp3) is 0.529. The van der Waals surface area contributed by atoms with Crippen LogP contribution in [0.1, 0.15) is 70.4 Å². The second-order valence-corrected chi connectivity index (χ2v) is 13.6. The van der Waals surface area contributed by atoms with E-state index in [0.29, 0.717) is 41.7 Å². The van der Waals surface area contributed by atoms with Crippen LogP contribution in [-0.2, 0) is 16.0 Å². The lowest BCUT2D eigenvalue weighted by molar-refractivity contribution is -0.134. The smallest absolute Gasteiger partial charge is 0.410 e. The number of hydrogen-bond donors (Lipinski definition) is 4. The number of H-pyrrole nitrogens is 1. The number of aromatic amines is 1. The Bertz CT molecular complexity index is 1590. The van der Waals surface area contributed by atoms with Gasteiger partial charge in [0, 0.05) is 25.7 Å². The van der Waals surface area contributed by atoms with Crippen LogP contribution in [-0.4, -0.2) is 85.1 Å². The predicted octanol–water partition coefficient (Wildman–Crippen LogP) is 4.13. The van der Waals surface area contributed by atoms with Gasteiger partial charge in [-0.25, -0.2) is 19.3 Å². The number of nitrogens with zero attached hydrogens (tertiary/aromatic N) is 4. The molecule has 12 heteroatoms. The van der Waals surface area contributed by atoms with Crippen LogP contribution in [0.5, 0.6) is 11.5 Å². The number of hydrogen-bond acceptors (Lipinski definition) is 8. The van der Waals surface area contributed by atoms with E-state index in [9.17, 15) is 24.6 Å². The maximum Gasteiger partial charge on any atom is 0.410 e. The highest BCUT2D eigenvalue weighted by Crippen LogP contribution is 2.37. The molecule has 0 spiro atoms. The number of carbonyl (C=O) groups excluding carboxylic acids is 2. The fourth-order valence-corrected chi connectivity index (χ4v) is 6.44. The molecule has 2 fully saturated rings. The van der Waals surface area contributed by atoms with Crippen LogP contribution in [0.4, 0.5) is 4.79 Å². The highest BCUT2D eigenvalue weighted by molar-refractivity contribution is 5.85. The van der Waals surface area contributed by atoms with Crippen LogP contribution in [0.15, 0.2) is 41.2 Å². The van der Waals surface area contributed by atoms with E-state index in [2.05, 4.69) is 15.1 Å². The van der Waals surface area contributed by atoms with E-state index in [1.54, 1.807) is 11.0 Å². The van der Waals surface area contributed by atoms with E-state index in [4.69, 9.17) is 10.5 Å². The molecule has 2 saturated heterocycles. The second-order valence-electron chi connectivity index (χ2n) is 13.6. The molecule has 1 aromatic heterocycles. The van der Waals surface area contributed by atoms with Gasteiger partial charge in [-0.1, -0.05) is 26.0 Å². The number of aromatic nitrogens is 3. The first-order valence-corrected chi connectivity index (χ1v) is 16.2. The van der Waals surface area contributed by atoms with Gasteiger partial charge >= 0.3 is 11.8 Å². The molecule has 5 N–H and O–H groups in total. The van der Waals surface area contributed by atoms with Crippen LogP contribution in [0.3, 0.4) is 0 Å². The normalized spacial score (nSPS) is 17.0. The lowest BCUT2D eigenvalue weighted by Crippen LogP contribution is -2.48. The quantitative estimate of drug-likeness (QED) is 0.273. The number of nitrogens with one attached hydrogen (secondary N) is 1. The van der Waals surface area contributed by atoms with Crippen LogP contribution >= 0.6 is 0 Å². The number of carbonyl (C=O) groups is 2. The lowest BCUT2D eigenvalue weighted by atomic mass is 9.89. The summed E-state index contributed by atoms with van der Waals surface area (Å²) in [6.07, 6.45) is 4.51. The van der Waals surface area contributed by atoms with Crippen molar-refractivity contribution in [1.82, 2.24) is 24.6 Å². The van der Waals surface area contributed by atoms with E-state index < -0.39 is 23.3 Å². The molecule has 2 aliphatic rings. The second kappa shape index (κ2) is 13.6. The molecule has 2 aromatic carbocycles. The Morgan fingerprint density at radius 3 is 2.24 bits per heavy atom. The molecule has 2 aliphatic heterocycles. The molecule has 0 atom stereocenters.